The van der Waals surface area contributed by atoms with Gasteiger partial charge >= 0.3 is 0 Å². The molecule has 1 atom stereocenters. The van der Waals surface area contributed by atoms with Crippen LogP contribution in [-0.4, -0.2) is 31.6 Å². The van der Waals surface area contributed by atoms with E-state index in [1.165, 1.54) is 0 Å². The lowest BCUT2D eigenvalue weighted by Gasteiger charge is -2.16. The number of carbonyl (C=O) groups is 2. The van der Waals surface area contributed by atoms with Gasteiger partial charge in [0, 0.05) is 25.5 Å². The molecule has 0 saturated carbocycles. The number of benzene rings is 1. The third-order valence-electron chi connectivity index (χ3n) is 2.96. The molecule has 2 amide bonds. The van der Waals surface area contributed by atoms with E-state index in [-0.39, 0.29) is 18.4 Å². The molecule has 1 aromatic rings. The first kappa shape index (κ1) is 16.2. The molecular formula is C15H21N2O3. The Hall–Kier alpha value is -1.88. The van der Waals surface area contributed by atoms with E-state index in [0.29, 0.717) is 17.7 Å². The molecule has 0 aromatic heterocycles. The second kappa shape index (κ2) is 8.32. The molecular weight excluding hydrogens is 256 g/mol. The molecule has 0 spiro atoms. The number of carbonyl (C=O) groups excluding carboxylic acids is 2. The number of methoxy groups -OCH3 is 1. The van der Waals surface area contributed by atoms with Gasteiger partial charge in [-0.2, -0.15) is 0 Å². The van der Waals surface area contributed by atoms with Crippen LogP contribution in [0.3, 0.4) is 0 Å². The first-order valence-electron chi connectivity index (χ1n) is 6.58. The normalized spacial score (nSPS) is 11.9. The number of primary amides is 1. The van der Waals surface area contributed by atoms with Crippen molar-refractivity contribution in [2.45, 2.75) is 25.8 Å². The zero-order valence-corrected chi connectivity index (χ0v) is 11.9. The molecule has 1 rings (SSSR count). The Morgan fingerprint density at radius 1 is 1.40 bits per heavy atom. The molecule has 0 aliphatic carbocycles. The Bertz CT molecular complexity index is 460. The van der Waals surface area contributed by atoms with Gasteiger partial charge in [-0.15, -0.1) is 0 Å². The van der Waals surface area contributed by atoms with Crippen molar-refractivity contribution in [3.8, 4) is 0 Å². The highest BCUT2D eigenvalue weighted by Crippen LogP contribution is 2.12. The van der Waals surface area contributed by atoms with Gasteiger partial charge in [0.25, 0.3) is 0 Å². The zero-order chi connectivity index (χ0) is 15.0. The van der Waals surface area contributed by atoms with Gasteiger partial charge in [-0.1, -0.05) is 25.1 Å². The molecule has 0 aliphatic rings. The number of ether oxygens (including phenoxy) is 1. The van der Waals surface area contributed by atoms with Crippen LogP contribution < -0.4 is 11.1 Å². The molecule has 3 N–H and O–H groups in total. The summed E-state index contributed by atoms with van der Waals surface area (Å²) in [5, 5.41) is 2.88. The largest absolute Gasteiger partial charge is 0.383 e. The average molecular weight is 277 g/mol. The molecule has 1 aromatic carbocycles. The van der Waals surface area contributed by atoms with E-state index in [1.807, 2.05) is 6.92 Å². The lowest BCUT2D eigenvalue weighted by atomic mass is 10.0. The van der Waals surface area contributed by atoms with Gasteiger partial charge in [-0.05, 0) is 18.1 Å². The van der Waals surface area contributed by atoms with Crippen LogP contribution in [0.1, 0.15) is 35.7 Å². The number of amides is 2. The molecule has 0 bridgehead atoms. The maximum atomic E-state index is 11.8. The monoisotopic (exact) mass is 277 g/mol. The van der Waals surface area contributed by atoms with E-state index < -0.39 is 5.91 Å². The molecule has 0 saturated heterocycles. The fraction of sp³-hybridized carbons (Fsp3) is 0.400. The maximum Gasteiger partial charge on any atom is 0.248 e. The molecule has 0 aliphatic heterocycles. The van der Waals surface area contributed by atoms with Crippen LogP contribution in [0.15, 0.2) is 24.3 Å². The first-order chi connectivity index (χ1) is 9.58. The minimum absolute atomic E-state index is 0.00674. The quantitative estimate of drug-likeness (QED) is 0.750. The lowest BCUT2D eigenvalue weighted by molar-refractivity contribution is -0.121. The topological polar surface area (TPSA) is 81.4 Å². The van der Waals surface area contributed by atoms with E-state index in [9.17, 15) is 9.59 Å². The maximum absolute atomic E-state index is 11.8. The second-order valence-corrected chi connectivity index (χ2v) is 4.49. The number of hydrogen-bond acceptors (Lipinski definition) is 3. The summed E-state index contributed by atoms with van der Waals surface area (Å²) in [4.78, 5) is 23.1. The smallest absolute Gasteiger partial charge is 0.248 e. The van der Waals surface area contributed by atoms with Crippen LogP contribution in [0, 0.1) is 6.42 Å². The predicted octanol–water partition coefficient (Wildman–Crippen LogP) is 1.27. The van der Waals surface area contributed by atoms with Gasteiger partial charge in [0.05, 0.1) is 12.6 Å². The first-order valence-corrected chi connectivity index (χ1v) is 6.58. The second-order valence-electron chi connectivity index (χ2n) is 4.49. The molecule has 109 valence electrons. The molecule has 0 fully saturated rings. The summed E-state index contributed by atoms with van der Waals surface area (Å²) in [6.07, 6.45) is 2.71. The van der Waals surface area contributed by atoms with Crippen molar-refractivity contribution in [3.05, 3.63) is 41.8 Å². The van der Waals surface area contributed by atoms with Gasteiger partial charge in [0.1, 0.15) is 0 Å². The van der Waals surface area contributed by atoms with Crippen LogP contribution in [0.25, 0.3) is 0 Å². The Morgan fingerprint density at radius 2 is 2.10 bits per heavy atom. The Morgan fingerprint density at radius 3 is 2.70 bits per heavy atom. The number of rotatable bonds is 8. The summed E-state index contributed by atoms with van der Waals surface area (Å²) >= 11 is 0. The molecule has 0 unspecified atom stereocenters. The van der Waals surface area contributed by atoms with E-state index in [2.05, 4.69) is 5.32 Å². The zero-order valence-electron chi connectivity index (χ0n) is 11.9. The molecule has 0 heterocycles. The summed E-state index contributed by atoms with van der Waals surface area (Å²) < 4.78 is 5.02. The molecule has 1 radical (unpaired) electrons. The van der Waals surface area contributed by atoms with E-state index in [4.69, 9.17) is 10.5 Å². The number of hydrogen-bond donors (Lipinski definition) is 2. The summed E-state index contributed by atoms with van der Waals surface area (Å²) in [5.41, 5.74) is 6.38. The van der Waals surface area contributed by atoms with Crippen molar-refractivity contribution < 1.29 is 14.3 Å². The minimum atomic E-state index is -0.497. The standard InChI is InChI=1S/C15H21N2O3/c1-3-12(10-20-2)17-14(18)9-8-11-6-4-5-7-13(11)15(16)19/h4-8,12H,3,9-10H2,1-2H3,(H2,16,19)(H,17,18)/t12-/m0/s1. The van der Waals surface area contributed by atoms with Crippen LogP contribution in [0.2, 0.25) is 0 Å². The Kier molecular flexibility index (Phi) is 6.73. The fourth-order valence-electron chi connectivity index (χ4n) is 1.85. The van der Waals surface area contributed by atoms with Crippen molar-refractivity contribution in [1.82, 2.24) is 5.32 Å². The van der Waals surface area contributed by atoms with Crippen molar-refractivity contribution >= 4 is 11.8 Å². The molecule has 5 nitrogen and oxygen atoms in total. The van der Waals surface area contributed by atoms with Crippen molar-refractivity contribution in [3.63, 3.8) is 0 Å². The summed E-state index contributed by atoms with van der Waals surface area (Å²) in [7, 11) is 1.60. The van der Waals surface area contributed by atoms with E-state index in [1.54, 1.807) is 37.8 Å². The van der Waals surface area contributed by atoms with E-state index in [0.717, 1.165) is 6.42 Å². The minimum Gasteiger partial charge on any atom is -0.383 e. The van der Waals surface area contributed by atoms with E-state index >= 15 is 0 Å². The highest BCUT2D eigenvalue weighted by molar-refractivity contribution is 5.95. The van der Waals surface area contributed by atoms with Gasteiger partial charge in [-0.25, -0.2) is 0 Å². The number of nitrogens with one attached hydrogen (secondary N) is 1. The van der Waals surface area contributed by atoms with Crippen LogP contribution in [0.5, 0.6) is 0 Å². The van der Waals surface area contributed by atoms with Crippen LogP contribution in [0.4, 0.5) is 0 Å². The lowest BCUT2D eigenvalue weighted by Crippen LogP contribution is -2.37. The molecule has 5 heteroatoms. The summed E-state index contributed by atoms with van der Waals surface area (Å²) in [6.45, 7) is 2.47. The van der Waals surface area contributed by atoms with Gasteiger partial charge in [0.2, 0.25) is 11.8 Å². The van der Waals surface area contributed by atoms with Gasteiger partial charge in [0.15, 0.2) is 0 Å². The van der Waals surface area contributed by atoms with Crippen molar-refractivity contribution in [2.75, 3.05) is 13.7 Å². The summed E-state index contributed by atoms with van der Waals surface area (Å²) in [6, 6.07) is 6.96. The highest BCUT2D eigenvalue weighted by Gasteiger charge is 2.12. The van der Waals surface area contributed by atoms with Crippen LogP contribution in [-0.2, 0) is 9.53 Å². The average Bonchev–Trinajstić information content (AvgIpc) is 2.44. The third-order valence-corrected chi connectivity index (χ3v) is 2.96. The van der Waals surface area contributed by atoms with Crippen molar-refractivity contribution in [1.29, 1.82) is 0 Å². The SMILES string of the molecule is CC[C@@H](COC)NC(=O)C[CH]c1ccccc1C(N)=O. The van der Waals surface area contributed by atoms with Crippen LogP contribution >= 0.6 is 0 Å². The number of nitrogens with two attached hydrogens (primary N) is 1. The Labute approximate surface area is 119 Å². The highest BCUT2D eigenvalue weighted by atomic mass is 16.5. The fourth-order valence-corrected chi connectivity index (χ4v) is 1.85. The van der Waals surface area contributed by atoms with Crippen molar-refractivity contribution in [2.24, 2.45) is 5.73 Å². The van der Waals surface area contributed by atoms with Gasteiger partial charge < -0.3 is 15.8 Å². The molecule has 20 heavy (non-hydrogen) atoms. The summed E-state index contributed by atoms with van der Waals surface area (Å²) in [5.74, 6) is -0.601. The van der Waals surface area contributed by atoms with Gasteiger partial charge in [-0.3, -0.25) is 9.59 Å². The third kappa shape index (κ3) is 5.01. The predicted molar refractivity (Wildman–Crippen MR) is 77.1 cm³/mol. The Balaban J connectivity index is 2.55.